The molecule has 2 rings (SSSR count). The summed E-state index contributed by atoms with van der Waals surface area (Å²) >= 11 is 3.10. The second-order valence-corrected chi connectivity index (χ2v) is 5.62. The van der Waals surface area contributed by atoms with Gasteiger partial charge in [-0.25, -0.2) is 4.39 Å². The van der Waals surface area contributed by atoms with Crippen LogP contribution < -0.4 is 20.9 Å². The lowest BCUT2D eigenvalue weighted by molar-refractivity contribution is -0.120. The van der Waals surface area contributed by atoms with Crippen molar-refractivity contribution in [2.75, 3.05) is 19.0 Å². The molecule has 2 aromatic carbocycles. The fourth-order valence-corrected chi connectivity index (χ4v) is 2.14. The Labute approximate surface area is 146 Å². The highest BCUT2D eigenvalue weighted by Gasteiger charge is 2.12. The molecule has 0 aliphatic rings. The highest BCUT2D eigenvalue weighted by atomic mass is 79.9. The molecule has 0 aliphatic heterocycles. The minimum atomic E-state index is -0.738. The van der Waals surface area contributed by atoms with E-state index in [0.29, 0.717) is 10.2 Å². The van der Waals surface area contributed by atoms with E-state index in [1.165, 1.54) is 18.2 Å². The summed E-state index contributed by atoms with van der Waals surface area (Å²) < 4.78 is 19.2. The fraction of sp³-hybridized carbons (Fsp3) is 0.125. The van der Waals surface area contributed by atoms with Crippen molar-refractivity contribution in [3.05, 3.63) is 58.3 Å². The number of hydrogen-bond donors (Lipinski definition) is 3. The van der Waals surface area contributed by atoms with E-state index in [4.69, 9.17) is 4.74 Å². The monoisotopic (exact) mass is 395 g/mol. The molecule has 0 spiro atoms. The van der Waals surface area contributed by atoms with Crippen molar-refractivity contribution in [2.24, 2.45) is 0 Å². The van der Waals surface area contributed by atoms with Gasteiger partial charge >= 0.3 is 0 Å². The van der Waals surface area contributed by atoms with E-state index >= 15 is 0 Å². The van der Waals surface area contributed by atoms with Crippen molar-refractivity contribution in [3.63, 3.8) is 0 Å². The molecule has 0 aromatic heterocycles. The van der Waals surface area contributed by atoms with Gasteiger partial charge in [-0.15, -0.1) is 0 Å². The number of hydrogen-bond acceptors (Lipinski definition) is 4. The van der Waals surface area contributed by atoms with Crippen LogP contribution in [0, 0.1) is 5.82 Å². The maximum absolute atomic E-state index is 13.6. The molecule has 24 heavy (non-hydrogen) atoms. The number of methoxy groups -OCH3 is 1. The predicted octanol–water partition coefficient (Wildman–Crippen LogP) is 2.47. The molecular weight excluding hydrogens is 381 g/mol. The number of ether oxygens (including phenoxy) is 1. The summed E-state index contributed by atoms with van der Waals surface area (Å²) in [5, 5.41) is 2.88. The summed E-state index contributed by atoms with van der Waals surface area (Å²) in [5.41, 5.74) is 4.92. The third-order valence-corrected chi connectivity index (χ3v) is 3.53. The van der Waals surface area contributed by atoms with Gasteiger partial charge < -0.3 is 10.1 Å². The Bertz CT molecular complexity index is 738. The van der Waals surface area contributed by atoms with Gasteiger partial charge in [-0.1, -0.05) is 15.9 Å². The van der Waals surface area contributed by atoms with E-state index in [1.54, 1.807) is 31.4 Å². The number of anilines is 1. The van der Waals surface area contributed by atoms with Crippen LogP contribution in [-0.2, 0) is 4.79 Å². The summed E-state index contributed by atoms with van der Waals surface area (Å²) in [4.78, 5) is 23.5. The Morgan fingerprint density at radius 1 is 1.12 bits per heavy atom. The maximum atomic E-state index is 13.6. The molecule has 0 heterocycles. The smallest absolute Gasteiger partial charge is 0.272 e. The Balaban J connectivity index is 1.80. The lowest BCUT2D eigenvalue weighted by Gasteiger charge is -2.10. The SMILES string of the molecule is COc1ccc(NCC(=O)NNC(=O)c2ccc(Br)cc2F)cc1. The third kappa shape index (κ3) is 4.95. The number of carbonyl (C=O) groups excluding carboxylic acids is 2. The van der Waals surface area contributed by atoms with Crippen molar-refractivity contribution in [1.29, 1.82) is 0 Å². The van der Waals surface area contributed by atoms with Gasteiger partial charge in [0.2, 0.25) is 0 Å². The van der Waals surface area contributed by atoms with Crippen molar-refractivity contribution >= 4 is 33.4 Å². The van der Waals surface area contributed by atoms with Crippen molar-refractivity contribution < 1.29 is 18.7 Å². The van der Waals surface area contributed by atoms with E-state index in [0.717, 1.165) is 5.69 Å². The quantitative estimate of drug-likeness (QED) is 0.679. The molecule has 2 aromatic rings. The molecule has 0 saturated heterocycles. The van der Waals surface area contributed by atoms with Gasteiger partial charge in [0.25, 0.3) is 11.8 Å². The molecule has 2 amide bonds. The van der Waals surface area contributed by atoms with E-state index in [-0.39, 0.29) is 12.1 Å². The molecule has 8 heteroatoms. The number of rotatable bonds is 5. The largest absolute Gasteiger partial charge is 0.497 e. The van der Waals surface area contributed by atoms with E-state index < -0.39 is 17.6 Å². The molecule has 0 bridgehead atoms. The molecule has 0 fully saturated rings. The molecule has 0 atom stereocenters. The topological polar surface area (TPSA) is 79.5 Å². The fourth-order valence-electron chi connectivity index (χ4n) is 1.80. The predicted molar refractivity (Wildman–Crippen MR) is 91.2 cm³/mol. The van der Waals surface area contributed by atoms with Gasteiger partial charge in [0.15, 0.2) is 0 Å². The number of hydrazine groups is 1. The molecule has 0 unspecified atom stereocenters. The Morgan fingerprint density at radius 2 is 1.83 bits per heavy atom. The van der Waals surface area contributed by atoms with Gasteiger partial charge in [-0.2, -0.15) is 0 Å². The van der Waals surface area contributed by atoms with Crippen LogP contribution in [0.15, 0.2) is 46.9 Å². The van der Waals surface area contributed by atoms with E-state index in [2.05, 4.69) is 32.1 Å². The number of benzene rings is 2. The van der Waals surface area contributed by atoms with Crippen molar-refractivity contribution in [3.8, 4) is 5.75 Å². The summed E-state index contributed by atoms with van der Waals surface area (Å²) in [6.07, 6.45) is 0. The van der Waals surface area contributed by atoms with Crippen LogP contribution in [0.3, 0.4) is 0 Å². The minimum absolute atomic E-state index is 0.0601. The standard InChI is InChI=1S/C16H15BrFN3O3/c1-24-12-5-3-11(4-6-12)19-9-15(22)20-21-16(23)13-7-2-10(17)8-14(13)18/h2-8,19H,9H2,1H3,(H,20,22)(H,21,23). The Morgan fingerprint density at radius 3 is 2.46 bits per heavy atom. The van der Waals surface area contributed by atoms with Gasteiger partial charge in [-0.3, -0.25) is 20.4 Å². The van der Waals surface area contributed by atoms with Crippen LogP contribution in [0.25, 0.3) is 0 Å². The maximum Gasteiger partial charge on any atom is 0.272 e. The molecule has 6 nitrogen and oxygen atoms in total. The lowest BCUT2D eigenvalue weighted by atomic mass is 10.2. The molecular formula is C16H15BrFN3O3. The minimum Gasteiger partial charge on any atom is -0.497 e. The van der Waals surface area contributed by atoms with Crippen LogP contribution in [-0.4, -0.2) is 25.5 Å². The zero-order valence-electron chi connectivity index (χ0n) is 12.7. The Hall–Kier alpha value is -2.61. The second-order valence-electron chi connectivity index (χ2n) is 4.71. The van der Waals surface area contributed by atoms with Crippen molar-refractivity contribution in [2.45, 2.75) is 0 Å². The first-order valence-electron chi connectivity index (χ1n) is 6.92. The lowest BCUT2D eigenvalue weighted by Crippen LogP contribution is -2.44. The average Bonchev–Trinajstić information content (AvgIpc) is 2.58. The summed E-state index contributed by atoms with van der Waals surface area (Å²) in [6.45, 7) is -0.0601. The van der Waals surface area contributed by atoms with E-state index in [1.807, 2.05) is 0 Å². The Kier molecular flexibility index (Phi) is 6.14. The van der Waals surface area contributed by atoms with Crippen LogP contribution in [0.5, 0.6) is 5.75 Å². The summed E-state index contributed by atoms with van der Waals surface area (Å²) in [7, 11) is 1.56. The van der Waals surface area contributed by atoms with Crippen LogP contribution in [0.4, 0.5) is 10.1 Å². The first kappa shape index (κ1) is 17.7. The highest BCUT2D eigenvalue weighted by molar-refractivity contribution is 9.10. The molecule has 0 radical (unpaired) electrons. The summed E-state index contributed by atoms with van der Waals surface area (Å²) in [6, 6.07) is 11.0. The zero-order chi connectivity index (χ0) is 17.5. The van der Waals surface area contributed by atoms with Crippen LogP contribution >= 0.6 is 15.9 Å². The number of halogens is 2. The number of carbonyl (C=O) groups is 2. The normalized spacial score (nSPS) is 9.96. The zero-order valence-corrected chi connectivity index (χ0v) is 14.3. The molecule has 0 aliphatic carbocycles. The highest BCUT2D eigenvalue weighted by Crippen LogP contribution is 2.15. The number of amides is 2. The van der Waals surface area contributed by atoms with Crippen LogP contribution in [0.1, 0.15) is 10.4 Å². The van der Waals surface area contributed by atoms with Crippen LogP contribution in [0.2, 0.25) is 0 Å². The average molecular weight is 396 g/mol. The van der Waals surface area contributed by atoms with Gasteiger partial charge in [0.05, 0.1) is 19.2 Å². The molecule has 3 N–H and O–H groups in total. The first-order chi connectivity index (χ1) is 11.5. The van der Waals surface area contributed by atoms with E-state index in [9.17, 15) is 14.0 Å². The van der Waals surface area contributed by atoms with Crippen molar-refractivity contribution in [1.82, 2.24) is 10.9 Å². The third-order valence-electron chi connectivity index (χ3n) is 3.03. The number of nitrogens with one attached hydrogen (secondary N) is 3. The van der Waals surface area contributed by atoms with Gasteiger partial charge in [0, 0.05) is 10.2 Å². The molecule has 0 saturated carbocycles. The second kappa shape index (κ2) is 8.30. The van der Waals surface area contributed by atoms with Gasteiger partial charge in [-0.05, 0) is 42.5 Å². The van der Waals surface area contributed by atoms with Gasteiger partial charge in [0.1, 0.15) is 11.6 Å². The summed E-state index contributed by atoms with van der Waals surface area (Å²) in [5.74, 6) is -1.20. The first-order valence-corrected chi connectivity index (χ1v) is 7.71. The molecule has 126 valence electrons.